The lowest BCUT2D eigenvalue weighted by atomic mass is 10.1. The van der Waals surface area contributed by atoms with E-state index in [0.717, 1.165) is 42.1 Å². The molecule has 0 bridgehead atoms. The van der Waals surface area contributed by atoms with Gasteiger partial charge in [-0.15, -0.1) is 0 Å². The molecule has 31 heavy (non-hydrogen) atoms. The normalized spacial score (nSPS) is 15.2. The Balaban J connectivity index is 1.33. The lowest BCUT2D eigenvalue weighted by Crippen LogP contribution is -2.37. The highest BCUT2D eigenvalue weighted by molar-refractivity contribution is 6.31. The van der Waals surface area contributed by atoms with Gasteiger partial charge in [0.2, 0.25) is 5.91 Å². The summed E-state index contributed by atoms with van der Waals surface area (Å²) in [5.74, 6) is 0.682. The molecular weight excluding hydrogens is 417 g/mol. The summed E-state index contributed by atoms with van der Waals surface area (Å²) in [6.07, 6.45) is 4.60. The number of benzene rings is 2. The summed E-state index contributed by atoms with van der Waals surface area (Å²) in [5.41, 5.74) is 1.79. The Hall–Kier alpha value is -2.70. The van der Waals surface area contributed by atoms with Crippen molar-refractivity contribution in [1.82, 2.24) is 15.2 Å². The van der Waals surface area contributed by atoms with E-state index in [0.29, 0.717) is 24.6 Å². The summed E-state index contributed by atoms with van der Waals surface area (Å²) in [6, 6.07) is 13.9. The Morgan fingerprint density at radius 1 is 1.16 bits per heavy atom. The second-order valence-corrected chi connectivity index (χ2v) is 8.12. The highest BCUT2D eigenvalue weighted by atomic mass is 35.5. The van der Waals surface area contributed by atoms with Gasteiger partial charge in [0.25, 0.3) is 0 Å². The Labute approximate surface area is 186 Å². The van der Waals surface area contributed by atoms with E-state index in [1.54, 1.807) is 18.3 Å². The zero-order valence-electron chi connectivity index (χ0n) is 17.2. The maximum atomic E-state index is 13.1. The predicted molar refractivity (Wildman–Crippen MR) is 118 cm³/mol. The topological polar surface area (TPSA) is 58.4 Å². The van der Waals surface area contributed by atoms with E-state index in [2.05, 4.69) is 15.2 Å². The number of nitrogens with one attached hydrogen (secondary N) is 1. The van der Waals surface area contributed by atoms with E-state index >= 15 is 0 Å². The van der Waals surface area contributed by atoms with E-state index in [-0.39, 0.29) is 24.2 Å². The zero-order valence-corrected chi connectivity index (χ0v) is 17.9. The van der Waals surface area contributed by atoms with E-state index in [4.69, 9.17) is 16.0 Å². The molecule has 1 fully saturated rings. The van der Waals surface area contributed by atoms with Crippen LogP contribution in [0, 0.1) is 5.82 Å². The first kappa shape index (κ1) is 21.5. The first-order chi connectivity index (χ1) is 15.1. The third kappa shape index (κ3) is 5.51. The van der Waals surface area contributed by atoms with Crippen LogP contribution in [0.2, 0.25) is 5.02 Å². The minimum absolute atomic E-state index is 0.0576. The number of hydrogen-bond acceptors (Lipinski definition) is 4. The molecule has 0 aliphatic carbocycles. The number of carbonyl (C=O) groups excluding carboxylic acids is 1. The third-order valence-corrected chi connectivity index (χ3v) is 5.93. The van der Waals surface area contributed by atoms with Crippen molar-refractivity contribution in [1.29, 1.82) is 0 Å². The minimum atomic E-state index is -0.302. The highest BCUT2D eigenvalue weighted by Gasteiger charge is 2.25. The van der Waals surface area contributed by atoms with Gasteiger partial charge < -0.3 is 9.73 Å². The van der Waals surface area contributed by atoms with Gasteiger partial charge in [-0.1, -0.05) is 29.8 Å². The molecule has 3 aromatic rings. The Morgan fingerprint density at radius 2 is 1.90 bits per heavy atom. The summed E-state index contributed by atoms with van der Waals surface area (Å²) in [5, 5.41) is 3.77. The second kappa shape index (κ2) is 10.1. The fraction of sp³-hybridized carbons (Fsp3) is 0.333. The quantitative estimate of drug-likeness (QED) is 0.533. The number of aryl methyl sites for hydroxylation is 1. The predicted octanol–water partition coefficient (Wildman–Crippen LogP) is 5.02. The molecule has 5 nitrogen and oxygen atoms in total. The molecule has 1 aliphatic rings. The minimum Gasteiger partial charge on any atom is -0.441 e. The SMILES string of the molecule is O=C(CCc1ncc(-c2ccc(F)cc2)o1)NC[C@@H](c1ccccc1Cl)N1CCCC1. The average Bonchev–Trinajstić information content (AvgIpc) is 3.47. The van der Waals surface area contributed by atoms with Crippen LogP contribution in [0.5, 0.6) is 0 Å². The molecule has 2 heterocycles. The van der Waals surface area contributed by atoms with Gasteiger partial charge in [0, 0.05) is 30.0 Å². The van der Waals surface area contributed by atoms with Crippen molar-refractivity contribution in [3.8, 4) is 11.3 Å². The van der Waals surface area contributed by atoms with Crippen LogP contribution in [-0.4, -0.2) is 35.4 Å². The summed E-state index contributed by atoms with van der Waals surface area (Å²) >= 11 is 6.43. The highest BCUT2D eigenvalue weighted by Crippen LogP contribution is 2.29. The van der Waals surface area contributed by atoms with Crippen molar-refractivity contribution < 1.29 is 13.6 Å². The zero-order chi connectivity index (χ0) is 21.6. The van der Waals surface area contributed by atoms with Crippen molar-refractivity contribution in [2.24, 2.45) is 0 Å². The molecule has 0 unspecified atom stereocenters. The lowest BCUT2D eigenvalue weighted by Gasteiger charge is -2.29. The number of aromatic nitrogens is 1. The lowest BCUT2D eigenvalue weighted by molar-refractivity contribution is -0.121. The van der Waals surface area contributed by atoms with E-state index in [9.17, 15) is 9.18 Å². The largest absolute Gasteiger partial charge is 0.441 e. The Bertz CT molecular complexity index is 1020. The van der Waals surface area contributed by atoms with Crippen molar-refractivity contribution in [3.05, 3.63) is 77.0 Å². The molecule has 1 saturated heterocycles. The molecule has 1 aliphatic heterocycles. The van der Waals surface area contributed by atoms with Gasteiger partial charge in [-0.25, -0.2) is 9.37 Å². The van der Waals surface area contributed by atoms with Crippen LogP contribution in [0.3, 0.4) is 0 Å². The Morgan fingerprint density at radius 3 is 2.65 bits per heavy atom. The van der Waals surface area contributed by atoms with Crippen LogP contribution in [0.4, 0.5) is 4.39 Å². The van der Waals surface area contributed by atoms with Gasteiger partial charge in [-0.2, -0.15) is 0 Å². The number of halogens is 2. The summed E-state index contributed by atoms with van der Waals surface area (Å²) < 4.78 is 18.8. The summed E-state index contributed by atoms with van der Waals surface area (Å²) in [7, 11) is 0. The Kier molecular flexibility index (Phi) is 6.99. The molecule has 0 spiro atoms. The summed E-state index contributed by atoms with van der Waals surface area (Å²) in [6.45, 7) is 2.53. The van der Waals surface area contributed by atoms with Crippen LogP contribution < -0.4 is 5.32 Å². The maximum Gasteiger partial charge on any atom is 0.220 e. The maximum absolute atomic E-state index is 13.1. The summed E-state index contributed by atoms with van der Waals surface area (Å²) in [4.78, 5) is 19.1. The van der Waals surface area contributed by atoms with Crippen molar-refractivity contribution in [2.75, 3.05) is 19.6 Å². The van der Waals surface area contributed by atoms with Crippen LogP contribution in [0.15, 0.2) is 59.1 Å². The van der Waals surface area contributed by atoms with E-state index in [1.165, 1.54) is 12.1 Å². The molecular formula is C24H25ClFN3O2. The van der Waals surface area contributed by atoms with Crippen molar-refractivity contribution in [2.45, 2.75) is 31.7 Å². The molecule has 2 aromatic carbocycles. The molecule has 162 valence electrons. The molecule has 0 saturated carbocycles. The van der Waals surface area contributed by atoms with Gasteiger partial charge in [0.15, 0.2) is 11.7 Å². The standard InChI is InChI=1S/C24H25ClFN3O2/c25-20-6-2-1-5-19(20)21(29-13-3-4-14-29)15-27-23(30)11-12-24-28-16-22(31-24)17-7-9-18(26)10-8-17/h1-2,5-10,16,21H,3-4,11-15H2,(H,27,30)/t21-/m0/s1. The number of oxazole rings is 1. The fourth-order valence-corrected chi connectivity index (χ4v) is 4.19. The van der Waals surface area contributed by atoms with Gasteiger partial charge in [-0.05, 0) is 61.8 Å². The molecule has 4 rings (SSSR count). The molecule has 1 N–H and O–H groups in total. The average molecular weight is 442 g/mol. The number of likely N-dealkylation sites (tertiary alicyclic amines) is 1. The first-order valence-electron chi connectivity index (χ1n) is 10.6. The van der Waals surface area contributed by atoms with Gasteiger partial charge in [-0.3, -0.25) is 9.69 Å². The van der Waals surface area contributed by atoms with E-state index in [1.807, 2.05) is 24.3 Å². The smallest absolute Gasteiger partial charge is 0.220 e. The molecule has 7 heteroatoms. The van der Waals surface area contributed by atoms with Crippen LogP contribution in [-0.2, 0) is 11.2 Å². The molecule has 1 atom stereocenters. The number of hydrogen-bond donors (Lipinski definition) is 1. The second-order valence-electron chi connectivity index (χ2n) is 7.71. The number of nitrogens with zero attached hydrogens (tertiary/aromatic N) is 2. The molecule has 1 amide bonds. The number of carbonyl (C=O) groups is 1. The molecule has 1 aromatic heterocycles. The first-order valence-corrected chi connectivity index (χ1v) is 10.9. The number of rotatable bonds is 8. The van der Waals surface area contributed by atoms with Gasteiger partial charge >= 0.3 is 0 Å². The third-order valence-electron chi connectivity index (χ3n) is 5.59. The van der Waals surface area contributed by atoms with Crippen molar-refractivity contribution >= 4 is 17.5 Å². The van der Waals surface area contributed by atoms with Crippen LogP contribution in [0.1, 0.15) is 36.8 Å². The van der Waals surface area contributed by atoms with E-state index < -0.39 is 0 Å². The monoisotopic (exact) mass is 441 g/mol. The fourth-order valence-electron chi connectivity index (χ4n) is 3.93. The van der Waals surface area contributed by atoms with Gasteiger partial charge in [0.1, 0.15) is 5.82 Å². The van der Waals surface area contributed by atoms with Crippen LogP contribution in [0.25, 0.3) is 11.3 Å². The molecule has 0 radical (unpaired) electrons. The number of amides is 1. The van der Waals surface area contributed by atoms with Crippen LogP contribution >= 0.6 is 11.6 Å². The van der Waals surface area contributed by atoms with Gasteiger partial charge in [0.05, 0.1) is 12.2 Å². The van der Waals surface area contributed by atoms with Crippen molar-refractivity contribution in [3.63, 3.8) is 0 Å².